The summed E-state index contributed by atoms with van der Waals surface area (Å²) in [6.07, 6.45) is 6.05. The van der Waals surface area contributed by atoms with E-state index >= 15 is 0 Å². The van der Waals surface area contributed by atoms with Gasteiger partial charge in [0, 0.05) is 32.3 Å². The molecular formula is C20H33N3O4. The van der Waals surface area contributed by atoms with Crippen LogP contribution in [0.2, 0.25) is 0 Å². The van der Waals surface area contributed by atoms with Crippen molar-refractivity contribution in [1.29, 1.82) is 0 Å². The van der Waals surface area contributed by atoms with E-state index in [1.165, 1.54) is 31.3 Å². The lowest BCUT2D eigenvalue weighted by Gasteiger charge is -2.34. The zero-order valence-corrected chi connectivity index (χ0v) is 17.0. The number of ether oxygens (including phenoxy) is 1. The van der Waals surface area contributed by atoms with Crippen LogP contribution in [-0.2, 0) is 14.3 Å². The minimum absolute atomic E-state index is 0.0402. The van der Waals surface area contributed by atoms with Crippen LogP contribution in [-0.4, -0.2) is 66.0 Å². The number of amides is 3. The lowest BCUT2D eigenvalue weighted by atomic mass is 9.98. The molecule has 0 aromatic heterocycles. The van der Waals surface area contributed by atoms with E-state index in [0.29, 0.717) is 32.1 Å². The Balaban J connectivity index is 1.74. The summed E-state index contributed by atoms with van der Waals surface area (Å²) >= 11 is 0. The molecule has 2 rings (SSSR count). The molecule has 0 atom stereocenters. The van der Waals surface area contributed by atoms with Gasteiger partial charge in [-0.15, -0.1) is 0 Å². The van der Waals surface area contributed by atoms with Gasteiger partial charge in [-0.25, -0.2) is 4.79 Å². The van der Waals surface area contributed by atoms with Crippen molar-refractivity contribution < 1.29 is 19.1 Å². The standard InChI is InChI=1S/C20H33N3O4/c1-15(16-7-5-6-8-16)13-17(24)22-9-11-23(12-10-22)18(25)14-21-19(26)27-20(2,3)4/h13,16H,5-12,14H2,1-4H3,(H,21,26)/b15-13+. The molecular weight excluding hydrogens is 346 g/mol. The minimum Gasteiger partial charge on any atom is -0.444 e. The number of hydrogen-bond acceptors (Lipinski definition) is 4. The SMILES string of the molecule is C/C(=C\C(=O)N1CCN(C(=O)CNC(=O)OC(C)(C)C)CC1)C1CCCC1. The zero-order valence-electron chi connectivity index (χ0n) is 17.0. The second-order valence-corrected chi connectivity index (χ2v) is 8.43. The van der Waals surface area contributed by atoms with Crippen LogP contribution >= 0.6 is 0 Å². The van der Waals surface area contributed by atoms with Crippen molar-refractivity contribution in [3.63, 3.8) is 0 Å². The third-order valence-corrected chi connectivity index (χ3v) is 5.08. The van der Waals surface area contributed by atoms with Gasteiger partial charge in [0.1, 0.15) is 12.1 Å². The van der Waals surface area contributed by atoms with Crippen LogP contribution in [0, 0.1) is 5.92 Å². The third kappa shape index (κ3) is 6.88. The van der Waals surface area contributed by atoms with E-state index < -0.39 is 11.7 Å². The molecule has 2 fully saturated rings. The van der Waals surface area contributed by atoms with Crippen molar-refractivity contribution in [3.05, 3.63) is 11.6 Å². The highest BCUT2D eigenvalue weighted by Crippen LogP contribution is 2.30. The number of hydrogen-bond donors (Lipinski definition) is 1. The number of nitrogens with one attached hydrogen (secondary N) is 1. The van der Waals surface area contributed by atoms with Crippen molar-refractivity contribution >= 4 is 17.9 Å². The van der Waals surface area contributed by atoms with Gasteiger partial charge >= 0.3 is 6.09 Å². The summed E-state index contributed by atoms with van der Waals surface area (Å²) in [7, 11) is 0. The van der Waals surface area contributed by atoms with Gasteiger partial charge in [0.05, 0.1) is 0 Å². The molecule has 0 aromatic carbocycles. The molecule has 1 heterocycles. The Morgan fingerprint density at radius 2 is 1.59 bits per heavy atom. The van der Waals surface area contributed by atoms with Crippen molar-refractivity contribution in [2.45, 2.75) is 59.0 Å². The zero-order chi connectivity index (χ0) is 20.0. The van der Waals surface area contributed by atoms with Crippen LogP contribution in [0.3, 0.4) is 0 Å². The lowest BCUT2D eigenvalue weighted by Crippen LogP contribution is -2.52. The van der Waals surface area contributed by atoms with Gasteiger partial charge < -0.3 is 19.9 Å². The maximum absolute atomic E-state index is 12.5. The van der Waals surface area contributed by atoms with Crippen molar-refractivity contribution in [1.82, 2.24) is 15.1 Å². The highest BCUT2D eigenvalue weighted by atomic mass is 16.6. The summed E-state index contributed by atoms with van der Waals surface area (Å²) < 4.78 is 5.12. The van der Waals surface area contributed by atoms with E-state index in [0.717, 1.165) is 0 Å². The molecule has 7 nitrogen and oxygen atoms in total. The molecule has 0 aromatic rings. The number of carbonyl (C=O) groups excluding carboxylic acids is 3. The number of nitrogens with zero attached hydrogens (tertiary/aromatic N) is 2. The Morgan fingerprint density at radius 3 is 2.15 bits per heavy atom. The predicted octanol–water partition coefficient (Wildman–Crippen LogP) is 2.32. The predicted molar refractivity (Wildman–Crippen MR) is 103 cm³/mol. The van der Waals surface area contributed by atoms with E-state index in [4.69, 9.17) is 4.74 Å². The van der Waals surface area contributed by atoms with Gasteiger partial charge in [-0.3, -0.25) is 9.59 Å². The largest absolute Gasteiger partial charge is 0.444 e. The monoisotopic (exact) mass is 379 g/mol. The van der Waals surface area contributed by atoms with Crippen LogP contribution in [0.25, 0.3) is 0 Å². The average molecular weight is 380 g/mol. The molecule has 0 spiro atoms. The fraction of sp³-hybridized carbons (Fsp3) is 0.750. The number of carbonyl (C=O) groups is 3. The smallest absolute Gasteiger partial charge is 0.408 e. The molecule has 7 heteroatoms. The summed E-state index contributed by atoms with van der Waals surface area (Å²) in [5.74, 6) is 0.430. The fourth-order valence-electron chi connectivity index (χ4n) is 3.54. The fourth-order valence-corrected chi connectivity index (χ4v) is 3.54. The van der Waals surface area contributed by atoms with Crippen LogP contribution in [0.1, 0.15) is 53.4 Å². The molecule has 3 amide bonds. The van der Waals surface area contributed by atoms with Gasteiger partial charge in [0.2, 0.25) is 11.8 Å². The molecule has 152 valence electrons. The Bertz CT molecular complexity index is 581. The second-order valence-electron chi connectivity index (χ2n) is 8.43. The number of alkyl carbamates (subject to hydrolysis) is 1. The van der Waals surface area contributed by atoms with E-state index in [-0.39, 0.29) is 18.4 Å². The van der Waals surface area contributed by atoms with Crippen molar-refractivity contribution in [2.24, 2.45) is 5.92 Å². The number of allylic oxidation sites excluding steroid dienone is 1. The van der Waals surface area contributed by atoms with Crippen LogP contribution in [0.15, 0.2) is 11.6 Å². The molecule has 1 saturated carbocycles. The highest BCUT2D eigenvalue weighted by Gasteiger charge is 2.25. The molecule has 1 N–H and O–H groups in total. The maximum atomic E-state index is 12.5. The van der Waals surface area contributed by atoms with Gasteiger partial charge in [-0.1, -0.05) is 18.4 Å². The number of rotatable bonds is 4. The normalized spacial score (nSPS) is 19.2. The molecule has 1 saturated heterocycles. The molecule has 0 bridgehead atoms. The van der Waals surface area contributed by atoms with E-state index in [1.807, 2.05) is 0 Å². The first kappa shape index (κ1) is 21.3. The summed E-state index contributed by atoms with van der Waals surface area (Å²) in [6.45, 7) is 9.28. The maximum Gasteiger partial charge on any atom is 0.408 e. The minimum atomic E-state index is -0.600. The Hall–Kier alpha value is -2.05. The van der Waals surface area contributed by atoms with Gasteiger partial charge in [0.25, 0.3) is 0 Å². The first-order valence-corrected chi connectivity index (χ1v) is 9.87. The van der Waals surface area contributed by atoms with Crippen LogP contribution < -0.4 is 5.32 Å². The lowest BCUT2D eigenvalue weighted by molar-refractivity contribution is -0.136. The van der Waals surface area contributed by atoms with E-state index in [9.17, 15) is 14.4 Å². The molecule has 0 unspecified atom stereocenters. The first-order valence-electron chi connectivity index (χ1n) is 9.87. The number of piperazine rings is 1. The second kappa shape index (κ2) is 9.24. The molecule has 0 radical (unpaired) electrons. The molecule has 1 aliphatic heterocycles. The van der Waals surface area contributed by atoms with Crippen LogP contribution in [0.4, 0.5) is 4.79 Å². The van der Waals surface area contributed by atoms with E-state index in [1.54, 1.807) is 36.6 Å². The highest BCUT2D eigenvalue weighted by molar-refractivity contribution is 5.88. The Labute approximate surface area is 162 Å². The van der Waals surface area contributed by atoms with Crippen molar-refractivity contribution in [3.8, 4) is 0 Å². The topological polar surface area (TPSA) is 79.0 Å². The average Bonchev–Trinajstić information content (AvgIpc) is 3.13. The van der Waals surface area contributed by atoms with Gasteiger partial charge in [0.15, 0.2) is 0 Å². The molecule has 1 aliphatic carbocycles. The Kier molecular flexibility index (Phi) is 7.27. The van der Waals surface area contributed by atoms with Gasteiger partial charge in [-0.2, -0.15) is 0 Å². The quantitative estimate of drug-likeness (QED) is 0.761. The summed E-state index contributed by atoms with van der Waals surface area (Å²) in [6, 6.07) is 0. The summed E-state index contributed by atoms with van der Waals surface area (Å²) in [5, 5.41) is 2.49. The summed E-state index contributed by atoms with van der Waals surface area (Å²) in [4.78, 5) is 39.8. The summed E-state index contributed by atoms with van der Waals surface area (Å²) in [5.41, 5.74) is 0.584. The first-order chi connectivity index (χ1) is 12.7. The van der Waals surface area contributed by atoms with Gasteiger partial charge in [-0.05, 0) is 46.5 Å². The van der Waals surface area contributed by atoms with Crippen LogP contribution in [0.5, 0.6) is 0 Å². The van der Waals surface area contributed by atoms with E-state index in [2.05, 4.69) is 12.2 Å². The molecule has 27 heavy (non-hydrogen) atoms. The van der Waals surface area contributed by atoms with Crippen molar-refractivity contribution in [2.75, 3.05) is 32.7 Å². The Morgan fingerprint density at radius 1 is 1.04 bits per heavy atom. The molecule has 2 aliphatic rings. The third-order valence-electron chi connectivity index (χ3n) is 5.08.